The van der Waals surface area contributed by atoms with Gasteiger partial charge in [-0.1, -0.05) is 19.1 Å². The van der Waals surface area contributed by atoms with Crippen molar-refractivity contribution in [3.63, 3.8) is 0 Å². The molecule has 5 heteroatoms. The topological polar surface area (TPSA) is 61.8 Å². The maximum atomic E-state index is 13.1. The van der Waals surface area contributed by atoms with E-state index in [9.17, 15) is 9.59 Å². The quantitative estimate of drug-likeness (QED) is 0.732. The monoisotopic (exact) mass is 356 g/mol. The second-order valence-electron chi connectivity index (χ2n) is 6.90. The fourth-order valence-electron chi connectivity index (χ4n) is 4.86. The summed E-state index contributed by atoms with van der Waals surface area (Å²) in [6.45, 7) is 5.83. The molecule has 138 valence electrons. The van der Waals surface area contributed by atoms with Gasteiger partial charge in [-0.15, -0.1) is 6.58 Å². The zero-order valence-corrected chi connectivity index (χ0v) is 15.6. The Balaban J connectivity index is 2.12. The van der Waals surface area contributed by atoms with Gasteiger partial charge in [0, 0.05) is 17.9 Å². The van der Waals surface area contributed by atoms with Gasteiger partial charge in [-0.2, -0.15) is 0 Å². The van der Waals surface area contributed by atoms with E-state index in [0.717, 1.165) is 5.56 Å². The zero-order valence-electron chi connectivity index (χ0n) is 15.6. The van der Waals surface area contributed by atoms with E-state index in [1.165, 1.54) is 13.2 Å². The van der Waals surface area contributed by atoms with Crippen molar-refractivity contribution in [2.45, 2.75) is 19.3 Å². The van der Waals surface area contributed by atoms with Gasteiger partial charge in [-0.25, -0.2) is 0 Å². The van der Waals surface area contributed by atoms with Crippen LogP contribution in [0.15, 0.2) is 42.7 Å². The minimum absolute atomic E-state index is 0.00310. The molecule has 1 fully saturated rings. The highest BCUT2D eigenvalue weighted by molar-refractivity contribution is 6.13. The van der Waals surface area contributed by atoms with Crippen LogP contribution in [0, 0.1) is 17.3 Å². The Morgan fingerprint density at radius 2 is 1.77 bits per heavy atom. The van der Waals surface area contributed by atoms with E-state index in [0.29, 0.717) is 17.9 Å². The van der Waals surface area contributed by atoms with Crippen LogP contribution < -0.4 is 9.47 Å². The average Bonchev–Trinajstić information content (AvgIpc) is 2.64. The Hall–Kier alpha value is -2.56. The second-order valence-corrected chi connectivity index (χ2v) is 6.90. The molecule has 0 spiro atoms. The summed E-state index contributed by atoms with van der Waals surface area (Å²) in [5.74, 6) is 0.722. The number of Topliss-reactive ketones (excluding diaryl/α,β-unsaturated/α-hetero) is 1. The predicted octanol–water partition coefficient (Wildman–Crippen LogP) is 3.30. The highest BCUT2D eigenvalue weighted by Crippen LogP contribution is 2.66. The van der Waals surface area contributed by atoms with E-state index < -0.39 is 11.3 Å². The predicted molar refractivity (Wildman–Crippen MR) is 97.3 cm³/mol. The molecule has 0 heterocycles. The summed E-state index contributed by atoms with van der Waals surface area (Å²) in [5.41, 5.74) is 0.156. The summed E-state index contributed by atoms with van der Waals surface area (Å²) in [5, 5.41) is 0. The molecule has 0 amide bonds. The van der Waals surface area contributed by atoms with Crippen LogP contribution in [0.3, 0.4) is 0 Å². The van der Waals surface area contributed by atoms with Crippen molar-refractivity contribution in [2.24, 2.45) is 17.3 Å². The number of methoxy groups -OCH3 is 3. The summed E-state index contributed by atoms with van der Waals surface area (Å²) in [6.07, 6.45) is 3.52. The fourth-order valence-corrected chi connectivity index (χ4v) is 4.86. The van der Waals surface area contributed by atoms with Crippen molar-refractivity contribution < 1.29 is 23.8 Å². The molecule has 4 atom stereocenters. The number of ether oxygens (including phenoxy) is 3. The molecule has 0 unspecified atom stereocenters. The van der Waals surface area contributed by atoms with Gasteiger partial charge in [0.2, 0.25) is 5.78 Å². The molecule has 1 aromatic carbocycles. The molecule has 0 N–H and O–H groups in total. The van der Waals surface area contributed by atoms with Crippen molar-refractivity contribution in [1.82, 2.24) is 0 Å². The molecule has 1 aromatic rings. The van der Waals surface area contributed by atoms with Crippen LogP contribution in [-0.2, 0) is 14.3 Å². The van der Waals surface area contributed by atoms with Gasteiger partial charge in [0.05, 0.1) is 26.7 Å². The smallest absolute Gasteiger partial charge is 0.201 e. The van der Waals surface area contributed by atoms with Crippen LogP contribution in [0.1, 0.15) is 24.8 Å². The SMILES string of the molecule is C=CC[C@@]12C(=O)C=C(OC)C(=O)[C@@H]1[C@H](C)[C@H]2c1ccc(OC)c(OC)c1. The van der Waals surface area contributed by atoms with E-state index in [2.05, 4.69) is 6.58 Å². The first-order chi connectivity index (χ1) is 12.5. The number of allylic oxidation sites excluding steroid dienone is 3. The van der Waals surface area contributed by atoms with Crippen LogP contribution >= 0.6 is 0 Å². The molecule has 1 saturated carbocycles. The molecule has 2 aliphatic rings. The molecule has 26 heavy (non-hydrogen) atoms. The van der Waals surface area contributed by atoms with Crippen molar-refractivity contribution >= 4 is 11.6 Å². The third-order valence-corrected chi connectivity index (χ3v) is 5.88. The maximum absolute atomic E-state index is 13.1. The molecule has 0 bridgehead atoms. The van der Waals surface area contributed by atoms with Crippen LogP contribution in [0.5, 0.6) is 11.5 Å². The third-order valence-electron chi connectivity index (χ3n) is 5.88. The van der Waals surface area contributed by atoms with E-state index in [4.69, 9.17) is 14.2 Å². The molecule has 0 radical (unpaired) electrons. The van der Waals surface area contributed by atoms with Gasteiger partial charge in [0.25, 0.3) is 0 Å². The molecular formula is C21H24O5. The summed E-state index contributed by atoms with van der Waals surface area (Å²) in [4.78, 5) is 25.9. The molecule has 3 rings (SSSR count). The molecule has 2 aliphatic carbocycles. The first-order valence-electron chi connectivity index (χ1n) is 8.63. The molecule has 5 nitrogen and oxygen atoms in total. The summed E-state index contributed by atoms with van der Waals surface area (Å²) in [6, 6.07) is 5.67. The highest BCUT2D eigenvalue weighted by atomic mass is 16.5. The minimum atomic E-state index is -0.806. The lowest BCUT2D eigenvalue weighted by molar-refractivity contribution is -0.161. The molecule has 0 aromatic heterocycles. The lowest BCUT2D eigenvalue weighted by Crippen LogP contribution is -2.63. The summed E-state index contributed by atoms with van der Waals surface area (Å²) < 4.78 is 15.9. The molecular weight excluding hydrogens is 332 g/mol. The van der Waals surface area contributed by atoms with Gasteiger partial charge >= 0.3 is 0 Å². The van der Waals surface area contributed by atoms with Crippen LogP contribution in [0.4, 0.5) is 0 Å². The van der Waals surface area contributed by atoms with E-state index in [1.807, 2.05) is 25.1 Å². The number of benzene rings is 1. The Morgan fingerprint density at radius 1 is 1.08 bits per heavy atom. The Bertz CT molecular complexity index is 794. The Morgan fingerprint density at radius 3 is 2.35 bits per heavy atom. The summed E-state index contributed by atoms with van der Waals surface area (Å²) >= 11 is 0. The number of carbonyl (C=O) groups is 2. The largest absolute Gasteiger partial charge is 0.493 e. The second kappa shape index (κ2) is 6.63. The van der Waals surface area contributed by atoms with Gasteiger partial charge in [0.1, 0.15) is 0 Å². The standard InChI is InChI=1S/C21H24O5/c1-6-9-21-17(22)11-16(26-5)20(23)19(21)12(2)18(21)13-7-8-14(24-3)15(10-13)25-4/h6-8,10-12,18-19H,1,9H2,2-5H3/t12-,18+,19+,21+/m1/s1. The van der Waals surface area contributed by atoms with Gasteiger partial charge in [-0.05, 0) is 30.0 Å². The van der Waals surface area contributed by atoms with Gasteiger partial charge in [0.15, 0.2) is 23.0 Å². The van der Waals surface area contributed by atoms with E-state index in [-0.39, 0.29) is 29.2 Å². The fraction of sp³-hybridized carbons (Fsp3) is 0.429. The van der Waals surface area contributed by atoms with Crippen LogP contribution in [-0.4, -0.2) is 32.9 Å². The van der Waals surface area contributed by atoms with Crippen molar-refractivity contribution in [3.05, 3.63) is 48.3 Å². The van der Waals surface area contributed by atoms with Crippen LogP contribution in [0.25, 0.3) is 0 Å². The number of ketones is 2. The van der Waals surface area contributed by atoms with Gasteiger partial charge < -0.3 is 14.2 Å². The molecule has 0 saturated heterocycles. The Labute approximate surface area is 153 Å². The van der Waals surface area contributed by atoms with Crippen molar-refractivity contribution in [1.29, 1.82) is 0 Å². The first-order valence-corrected chi connectivity index (χ1v) is 8.63. The van der Waals surface area contributed by atoms with Gasteiger partial charge in [-0.3, -0.25) is 9.59 Å². The van der Waals surface area contributed by atoms with Crippen molar-refractivity contribution in [3.8, 4) is 11.5 Å². The normalized spacial score (nSPS) is 30.0. The van der Waals surface area contributed by atoms with E-state index >= 15 is 0 Å². The molecule has 0 aliphatic heterocycles. The lowest BCUT2D eigenvalue weighted by Gasteiger charge is -2.60. The first kappa shape index (κ1) is 18.2. The highest BCUT2D eigenvalue weighted by Gasteiger charge is 2.67. The summed E-state index contributed by atoms with van der Waals surface area (Å²) in [7, 11) is 4.59. The van der Waals surface area contributed by atoms with Crippen molar-refractivity contribution in [2.75, 3.05) is 21.3 Å². The minimum Gasteiger partial charge on any atom is -0.493 e. The third kappa shape index (κ3) is 2.30. The average molecular weight is 356 g/mol. The number of carbonyl (C=O) groups excluding carboxylic acids is 2. The lowest BCUT2D eigenvalue weighted by atomic mass is 9.40. The number of rotatable bonds is 6. The Kier molecular flexibility index (Phi) is 4.65. The van der Waals surface area contributed by atoms with E-state index in [1.54, 1.807) is 20.3 Å². The maximum Gasteiger partial charge on any atom is 0.201 e. The number of fused-ring (bicyclic) bond motifs is 1. The zero-order chi connectivity index (χ0) is 19.1. The number of hydrogen-bond donors (Lipinski definition) is 0. The van der Waals surface area contributed by atoms with Crippen LogP contribution in [0.2, 0.25) is 0 Å². The number of hydrogen-bond acceptors (Lipinski definition) is 5.